The van der Waals surface area contributed by atoms with Gasteiger partial charge in [0.1, 0.15) is 0 Å². The highest BCUT2D eigenvalue weighted by atomic mass is 35.6. The largest absolute Gasteiger partial charge is 0.466 e. The third-order valence-electron chi connectivity index (χ3n) is 1.54. The summed E-state index contributed by atoms with van der Waals surface area (Å²) in [6.07, 6.45) is 5.15. The SMILES string of the molecule is CCCCCCC(=O)OCC.ClC(Cl)Cl. The van der Waals surface area contributed by atoms with Crippen LogP contribution < -0.4 is 0 Å². The van der Waals surface area contributed by atoms with E-state index in [-0.39, 0.29) is 5.97 Å². The van der Waals surface area contributed by atoms with Gasteiger partial charge in [0.25, 0.3) is 0 Å². The highest BCUT2D eigenvalue weighted by molar-refractivity contribution is 6.63. The van der Waals surface area contributed by atoms with Gasteiger partial charge in [-0.05, 0) is 13.3 Å². The van der Waals surface area contributed by atoms with E-state index in [2.05, 4.69) is 6.92 Å². The van der Waals surface area contributed by atoms with E-state index in [1.54, 1.807) is 0 Å². The number of carbonyl (C=O) groups excluding carboxylic acids is 1. The fraction of sp³-hybridized carbons (Fsp3) is 0.900. The maximum Gasteiger partial charge on any atom is 0.305 e. The number of rotatable bonds is 6. The molecule has 92 valence electrons. The van der Waals surface area contributed by atoms with Crippen molar-refractivity contribution in [1.29, 1.82) is 0 Å². The Morgan fingerprint density at radius 3 is 2.07 bits per heavy atom. The summed E-state index contributed by atoms with van der Waals surface area (Å²) in [5.41, 5.74) is 0. The van der Waals surface area contributed by atoms with Crippen molar-refractivity contribution in [2.75, 3.05) is 6.61 Å². The van der Waals surface area contributed by atoms with Crippen LogP contribution >= 0.6 is 34.8 Å². The Kier molecular flexibility index (Phi) is 16.9. The van der Waals surface area contributed by atoms with Crippen LogP contribution in [0.15, 0.2) is 0 Å². The second-order valence-electron chi connectivity index (χ2n) is 2.86. The molecule has 0 bridgehead atoms. The minimum Gasteiger partial charge on any atom is -0.466 e. The van der Waals surface area contributed by atoms with E-state index in [0.29, 0.717) is 13.0 Å². The van der Waals surface area contributed by atoms with Gasteiger partial charge >= 0.3 is 5.97 Å². The molecule has 0 N–H and O–H groups in total. The quantitative estimate of drug-likeness (QED) is 0.406. The Morgan fingerprint density at radius 1 is 1.13 bits per heavy atom. The molecule has 0 fully saturated rings. The van der Waals surface area contributed by atoms with E-state index in [9.17, 15) is 4.79 Å². The Balaban J connectivity index is 0. The molecule has 0 aliphatic rings. The number of hydrogen-bond acceptors (Lipinski definition) is 2. The van der Waals surface area contributed by atoms with Crippen LogP contribution in [0.4, 0.5) is 0 Å². The zero-order valence-electron chi connectivity index (χ0n) is 9.27. The monoisotopic (exact) mass is 276 g/mol. The molecular formula is C10H19Cl3O2. The van der Waals surface area contributed by atoms with Gasteiger partial charge < -0.3 is 4.74 Å². The molecule has 0 saturated heterocycles. The van der Waals surface area contributed by atoms with Gasteiger partial charge in [-0.2, -0.15) is 0 Å². The molecule has 0 radical (unpaired) electrons. The zero-order valence-corrected chi connectivity index (χ0v) is 11.5. The molecular weight excluding hydrogens is 258 g/mol. The van der Waals surface area contributed by atoms with Crippen molar-refractivity contribution in [3.05, 3.63) is 0 Å². The first-order valence-electron chi connectivity index (χ1n) is 5.12. The minimum atomic E-state index is -0.750. The van der Waals surface area contributed by atoms with Gasteiger partial charge in [0, 0.05) is 6.42 Å². The standard InChI is InChI=1S/C9H18O2.CHCl3/c1-3-5-6-7-8-9(10)11-4-2;2-1(3)4/h3-8H2,1-2H3;1H. The molecule has 0 aliphatic carbocycles. The van der Waals surface area contributed by atoms with Gasteiger partial charge in [0.15, 0.2) is 4.30 Å². The second kappa shape index (κ2) is 14.3. The van der Waals surface area contributed by atoms with Crippen molar-refractivity contribution in [2.45, 2.75) is 50.2 Å². The fourth-order valence-corrected chi connectivity index (χ4v) is 0.929. The average molecular weight is 278 g/mol. The Labute approximate surface area is 107 Å². The molecule has 0 unspecified atom stereocenters. The third kappa shape index (κ3) is 25.0. The van der Waals surface area contributed by atoms with Crippen LogP contribution in [-0.4, -0.2) is 16.9 Å². The van der Waals surface area contributed by atoms with Gasteiger partial charge in [0.05, 0.1) is 6.61 Å². The molecule has 0 rings (SSSR count). The van der Waals surface area contributed by atoms with Gasteiger partial charge in [-0.1, -0.05) is 61.0 Å². The molecule has 5 heteroatoms. The first-order valence-corrected chi connectivity index (χ1v) is 6.43. The molecule has 0 aromatic rings. The van der Waals surface area contributed by atoms with E-state index in [1.807, 2.05) is 6.92 Å². The summed E-state index contributed by atoms with van der Waals surface area (Å²) >= 11 is 14.4. The van der Waals surface area contributed by atoms with Gasteiger partial charge in [-0.3, -0.25) is 4.79 Å². The number of hydrogen-bond donors (Lipinski definition) is 0. The Morgan fingerprint density at radius 2 is 1.67 bits per heavy atom. The summed E-state index contributed by atoms with van der Waals surface area (Å²) in [5, 5.41) is 0. The lowest BCUT2D eigenvalue weighted by Crippen LogP contribution is -2.02. The molecule has 15 heavy (non-hydrogen) atoms. The molecule has 0 aromatic heterocycles. The van der Waals surface area contributed by atoms with Crippen molar-refractivity contribution in [3.8, 4) is 0 Å². The van der Waals surface area contributed by atoms with Gasteiger partial charge in [-0.25, -0.2) is 0 Å². The van der Waals surface area contributed by atoms with E-state index in [1.165, 1.54) is 12.8 Å². The van der Waals surface area contributed by atoms with E-state index in [4.69, 9.17) is 39.5 Å². The first-order chi connectivity index (χ1) is 7.04. The van der Waals surface area contributed by atoms with Crippen molar-refractivity contribution >= 4 is 40.8 Å². The molecule has 0 amide bonds. The van der Waals surface area contributed by atoms with Crippen LogP contribution in [0.3, 0.4) is 0 Å². The van der Waals surface area contributed by atoms with Crippen LogP contribution in [0, 0.1) is 0 Å². The van der Waals surface area contributed by atoms with Crippen LogP contribution in [0.2, 0.25) is 0 Å². The highest BCUT2D eigenvalue weighted by Crippen LogP contribution is 2.04. The maximum absolute atomic E-state index is 10.8. The maximum atomic E-state index is 10.8. The molecule has 0 aromatic carbocycles. The lowest BCUT2D eigenvalue weighted by atomic mass is 10.2. The number of alkyl halides is 3. The lowest BCUT2D eigenvalue weighted by molar-refractivity contribution is -0.143. The molecule has 2 nitrogen and oxygen atoms in total. The highest BCUT2D eigenvalue weighted by Gasteiger charge is 1.99. The Bertz CT molecular complexity index is 138. The number of carbonyl (C=O) groups is 1. The predicted molar refractivity (Wildman–Crippen MR) is 66.7 cm³/mol. The minimum absolute atomic E-state index is 0.0522. The number of unbranched alkanes of at least 4 members (excludes halogenated alkanes) is 3. The van der Waals surface area contributed by atoms with Crippen LogP contribution in [0.1, 0.15) is 46.0 Å². The third-order valence-corrected chi connectivity index (χ3v) is 1.54. The van der Waals surface area contributed by atoms with E-state index < -0.39 is 4.30 Å². The van der Waals surface area contributed by atoms with Crippen molar-refractivity contribution in [3.63, 3.8) is 0 Å². The van der Waals surface area contributed by atoms with Crippen LogP contribution in [0.5, 0.6) is 0 Å². The van der Waals surface area contributed by atoms with Gasteiger partial charge in [0.2, 0.25) is 0 Å². The summed E-state index contributed by atoms with van der Waals surface area (Å²) < 4.78 is 4.03. The van der Waals surface area contributed by atoms with Crippen LogP contribution in [0.25, 0.3) is 0 Å². The summed E-state index contributed by atoms with van der Waals surface area (Å²) in [6.45, 7) is 4.50. The summed E-state index contributed by atoms with van der Waals surface area (Å²) in [5.74, 6) is -0.0522. The average Bonchev–Trinajstić information content (AvgIpc) is 2.12. The van der Waals surface area contributed by atoms with E-state index >= 15 is 0 Å². The summed E-state index contributed by atoms with van der Waals surface area (Å²) in [4.78, 5) is 10.8. The van der Waals surface area contributed by atoms with Crippen molar-refractivity contribution in [2.24, 2.45) is 0 Å². The Hall–Kier alpha value is 0.340. The van der Waals surface area contributed by atoms with Crippen molar-refractivity contribution in [1.82, 2.24) is 0 Å². The molecule has 0 aliphatic heterocycles. The summed E-state index contributed by atoms with van der Waals surface area (Å²) in [6, 6.07) is 0. The topological polar surface area (TPSA) is 26.3 Å². The fourth-order valence-electron chi connectivity index (χ4n) is 0.929. The molecule has 0 heterocycles. The lowest BCUT2D eigenvalue weighted by Gasteiger charge is -2.00. The molecule has 0 spiro atoms. The summed E-state index contributed by atoms with van der Waals surface area (Å²) in [7, 11) is 0. The second-order valence-corrected chi connectivity index (χ2v) is 4.84. The predicted octanol–water partition coefficient (Wildman–Crippen LogP) is 4.51. The molecule has 0 atom stereocenters. The van der Waals surface area contributed by atoms with Gasteiger partial charge in [-0.15, -0.1) is 0 Å². The number of halogens is 3. The van der Waals surface area contributed by atoms with Crippen molar-refractivity contribution < 1.29 is 9.53 Å². The normalized spacial score (nSPS) is 9.47. The van der Waals surface area contributed by atoms with E-state index in [0.717, 1.165) is 12.8 Å². The molecule has 0 saturated carbocycles. The van der Waals surface area contributed by atoms with Crippen LogP contribution in [-0.2, 0) is 9.53 Å². The first kappa shape index (κ1) is 17.7. The zero-order chi connectivity index (χ0) is 12.1. The number of ether oxygens (including phenoxy) is 1. The number of esters is 1. The smallest absolute Gasteiger partial charge is 0.305 e.